The summed E-state index contributed by atoms with van der Waals surface area (Å²) in [5, 5.41) is 4.06. The SMILES string of the molecule is COc1c(Cl)cc(/C=N\NC(=O)c2cccc(C(F)(F)F)c2)cc1Br. The first-order chi connectivity index (χ1) is 11.7. The molecule has 0 saturated carbocycles. The molecule has 0 fully saturated rings. The highest BCUT2D eigenvalue weighted by Crippen LogP contribution is 2.33. The van der Waals surface area contributed by atoms with Gasteiger partial charge in [-0.2, -0.15) is 18.3 Å². The first-order valence-corrected chi connectivity index (χ1v) is 7.93. The van der Waals surface area contributed by atoms with Gasteiger partial charge in [0, 0.05) is 5.56 Å². The molecule has 1 N–H and O–H groups in total. The number of nitrogens with zero attached hydrogens (tertiary/aromatic N) is 1. The number of amides is 1. The number of hydrazone groups is 1. The Bertz CT molecular complexity index is 802. The molecule has 0 saturated heterocycles. The van der Waals surface area contributed by atoms with Crippen molar-refractivity contribution in [2.24, 2.45) is 5.10 Å². The molecule has 0 unspecified atom stereocenters. The number of ether oxygens (including phenoxy) is 1. The van der Waals surface area contributed by atoms with Crippen molar-refractivity contribution in [3.8, 4) is 5.75 Å². The number of hydrogen-bond donors (Lipinski definition) is 1. The van der Waals surface area contributed by atoms with Crippen LogP contribution in [0.15, 0.2) is 46.0 Å². The summed E-state index contributed by atoms with van der Waals surface area (Å²) in [5.41, 5.74) is 1.67. The minimum Gasteiger partial charge on any atom is -0.494 e. The average molecular weight is 436 g/mol. The Labute approximate surface area is 154 Å². The van der Waals surface area contributed by atoms with Crippen LogP contribution in [0.1, 0.15) is 21.5 Å². The smallest absolute Gasteiger partial charge is 0.416 e. The number of rotatable bonds is 4. The maximum atomic E-state index is 12.7. The average Bonchev–Trinajstić information content (AvgIpc) is 2.54. The fraction of sp³-hybridized carbons (Fsp3) is 0.125. The molecule has 0 aliphatic carbocycles. The van der Waals surface area contributed by atoms with Crippen LogP contribution in [0.2, 0.25) is 5.02 Å². The van der Waals surface area contributed by atoms with Crippen LogP contribution in [0.3, 0.4) is 0 Å². The molecule has 2 rings (SSSR count). The first-order valence-electron chi connectivity index (χ1n) is 6.76. The lowest BCUT2D eigenvalue weighted by Gasteiger charge is -2.08. The van der Waals surface area contributed by atoms with Crippen LogP contribution in [0, 0.1) is 0 Å². The van der Waals surface area contributed by atoms with E-state index < -0.39 is 17.6 Å². The van der Waals surface area contributed by atoms with Gasteiger partial charge < -0.3 is 4.74 Å². The van der Waals surface area contributed by atoms with Gasteiger partial charge in [0.1, 0.15) is 0 Å². The van der Waals surface area contributed by atoms with Crippen LogP contribution in [0.5, 0.6) is 5.75 Å². The van der Waals surface area contributed by atoms with E-state index in [1.165, 1.54) is 19.4 Å². The largest absolute Gasteiger partial charge is 0.494 e. The maximum Gasteiger partial charge on any atom is 0.416 e. The summed E-state index contributed by atoms with van der Waals surface area (Å²) in [5.74, 6) is -0.312. The van der Waals surface area contributed by atoms with E-state index in [-0.39, 0.29) is 5.56 Å². The Hall–Kier alpha value is -2.06. The number of halogens is 5. The monoisotopic (exact) mass is 434 g/mol. The molecule has 1 amide bonds. The lowest BCUT2D eigenvalue weighted by Crippen LogP contribution is -2.18. The van der Waals surface area contributed by atoms with Gasteiger partial charge in [-0.05, 0) is 51.8 Å². The third-order valence-electron chi connectivity index (χ3n) is 3.06. The summed E-state index contributed by atoms with van der Waals surface area (Å²) in [6, 6.07) is 7.28. The van der Waals surface area contributed by atoms with Crippen LogP contribution < -0.4 is 10.2 Å². The normalized spacial score (nSPS) is 11.6. The minimum absolute atomic E-state index is 0.152. The molecule has 0 aliphatic heterocycles. The second-order valence-electron chi connectivity index (χ2n) is 4.80. The second kappa shape index (κ2) is 7.88. The number of alkyl halides is 3. The Morgan fingerprint density at radius 3 is 2.64 bits per heavy atom. The van der Waals surface area contributed by atoms with Crippen molar-refractivity contribution in [2.75, 3.05) is 7.11 Å². The van der Waals surface area contributed by atoms with E-state index in [1.807, 2.05) is 0 Å². The maximum absolute atomic E-state index is 12.7. The van der Waals surface area contributed by atoms with E-state index in [0.29, 0.717) is 20.8 Å². The van der Waals surface area contributed by atoms with Crippen molar-refractivity contribution < 1.29 is 22.7 Å². The number of methoxy groups -OCH3 is 1. The molecule has 4 nitrogen and oxygen atoms in total. The van der Waals surface area contributed by atoms with Crippen LogP contribution in [-0.2, 0) is 6.18 Å². The molecule has 0 heterocycles. The Morgan fingerprint density at radius 1 is 1.32 bits per heavy atom. The predicted octanol–water partition coefficient (Wildman–Crippen LogP) is 4.89. The van der Waals surface area contributed by atoms with Gasteiger partial charge in [0.05, 0.1) is 28.4 Å². The molecule has 2 aromatic carbocycles. The van der Waals surface area contributed by atoms with Crippen molar-refractivity contribution in [2.45, 2.75) is 6.18 Å². The zero-order valence-electron chi connectivity index (χ0n) is 12.7. The molecule has 0 aromatic heterocycles. The van der Waals surface area contributed by atoms with Gasteiger partial charge in [0.15, 0.2) is 5.75 Å². The van der Waals surface area contributed by atoms with Gasteiger partial charge >= 0.3 is 6.18 Å². The van der Waals surface area contributed by atoms with Gasteiger partial charge in [-0.15, -0.1) is 0 Å². The van der Waals surface area contributed by atoms with Gasteiger partial charge in [-0.1, -0.05) is 17.7 Å². The molecule has 9 heteroatoms. The molecule has 2 aromatic rings. The molecular formula is C16H11BrClF3N2O2. The van der Waals surface area contributed by atoms with Crippen LogP contribution in [0.4, 0.5) is 13.2 Å². The summed E-state index contributed by atoms with van der Waals surface area (Å²) in [6.07, 6.45) is -3.22. The molecule has 25 heavy (non-hydrogen) atoms. The minimum atomic E-state index is -4.52. The summed E-state index contributed by atoms with van der Waals surface area (Å²) in [4.78, 5) is 11.9. The summed E-state index contributed by atoms with van der Waals surface area (Å²) in [6.45, 7) is 0. The Balaban J connectivity index is 2.11. The van der Waals surface area contributed by atoms with E-state index in [1.54, 1.807) is 12.1 Å². The van der Waals surface area contributed by atoms with Gasteiger partial charge in [0.2, 0.25) is 0 Å². The van der Waals surface area contributed by atoms with Crippen molar-refractivity contribution >= 4 is 39.7 Å². The lowest BCUT2D eigenvalue weighted by molar-refractivity contribution is -0.137. The van der Waals surface area contributed by atoms with E-state index in [2.05, 4.69) is 26.5 Å². The topological polar surface area (TPSA) is 50.7 Å². The zero-order valence-corrected chi connectivity index (χ0v) is 15.0. The highest BCUT2D eigenvalue weighted by Gasteiger charge is 2.30. The molecule has 132 valence electrons. The van der Waals surface area contributed by atoms with E-state index >= 15 is 0 Å². The standard InChI is InChI=1S/C16H11BrClF3N2O2/c1-25-14-12(17)5-9(6-13(14)18)8-22-23-15(24)10-3-2-4-11(7-10)16(19,20)21/h2-8H,1H3,(H,23,24)/b22-8-. The summed E-state index contributed by atoms with van der Waals surface area (Å²) in [7, 11) is 1.47. The number of hydrogen-bond acceptors (Lipinski definition) is 3. The van der Waals surface area contributed by atoms with E-state index in [9.17, 15) is 18.0 Å². The molecule has 0 spiro atoms. The molecule has 0 bridgehead atoms. The van der Waals surface area contributed by atoms with E-state index in [0.717, 1.165) is 18.2 Å². The first kappa shape index (κ1) is 19.3. The quantitative estimate of drug-likeness (QED) is 0.549. The molecule has 0 atom stereocenters. The summed E-state index contributed by atoms with van der Waals surface area (Å²) < 4.78 is 43.6. The van der Waals surface area contributed by atoms with Gasteiger partial charge in [0.25, 0.3) is 5.91 Å². The Morgan fingerprint density at radius 2 is 2.04 bits per heavy atom. The fourth-order valence-electron chi connectivity index (χ4n) is 1.92. The molecule has 0 radical (unpaired) electrons. The Kier molecular flexibility index (Phi) is 6.07. The number of benzene rings is 2. The summed E-state index contributed by atoms with van der Waals surface area (Å²) >= 11 is 9.30. The molecular weight excluding hydrogens is 425 g/mol. The van der Waals surface area contributed by atoms with Crippen LogP contribution in [-0.4, -0.2) is 19.2 Å². The van der Waals surface area contributed by atoms with Crippen LogP contribution in [0.25, 0.3) is 0 Å². The van der Waals surface area contributed by atoms with Crippen LogP contribution >= 0.6 is 27.5 Å². The van der Waals surface area contributed by atoms with Crippen molar-refractivity contribution in [3.63, 3.8) is 0 Å². The van der Waals surface area contributed by atoms with Gasteiger partial charge in [-0.25, -0.2) is 5.43 Å². The lowest BCUT2D eigenvalue weighted by atomic mass is 10.1. The molecule has 0 aliphatic rings. The number of carbonyl (C=O) groups excluding carboxylic acids is 1. The third-order valence-corrected chi connectivity index (χ3v) is 3.93. The second-order valence-corrected chi connectivity index (χ2v) is 6.06. The number of carbonyl (C=O) groups is 1. The zero-order chi connectivity index (χ0) is 18.6. The predicted molar refractivity (Wildman–Crippen MR) is 92.2 cm³/mol. The van der Waals surface area contributed by atoms with Crippen molar-refractivity contribution in [1.29, 1.82) is 0 Å². The fourth-order valence-corrected chi connectivity index (χ4v) is 2.97. The van der Waals surface area contributed by atoms with E-state index in [4.69, 9.17) is 16.3 Å². The highest BCUT2D eigenvalue weighted by molar-refractivity contribution is 9.10. The highest BCUT2D eigenvalue weighted by atomic mass is 79.9. The van der Waals surface area contributed by atoms with Crippen molar-refractivity contribution in [3.05, 3.63) is 62.6 Å². The van der Waals surface area contributed by atoms with Gasteiger partial charge in [-0.3, -0.25) is 4.79 Å². The number of nitrogens with one attached hydrogen (secondary N) is 1. The third kappa shape index (κ3) is 4.96. The van der Waals surface area contributed by atoms with Crippen molar-refractivity contribution in [1.82, 2.24) is 5.43 Å².